The normalized spacial score (nSPS) is 16.8. The fourth-order valence-corrected chi connectivity index (χ4v) is 2.08. The third-order valence-corrected chi connectivity index (χ3v) is 3.05. The van der Waals surface area contributed by atoms with Crippen molar-refractivity contribution in [2.24, 2.45) is 0 Å². The third-order valence-electron chi connectivity index (χ3n) is 3.05. The monoisotopic (exact) mass is 238 g/mol. The lowest BCUT2D eigenvalue weighted by Crippen LogP contribution is -2.08. The average Bonchev–Trinajstić information content (AvgIpc) is 2.47. The lowest BCUT2D eigenvalue weighted by molar-refractivity contribution is 0.251. The van der Waals surface area contributed by atoms with Crippen LogP contribution in [0.25, 0.3) is 6.08 Å². The quantitative estimate of drug-likeness (QED) is 0.791. The first-order valence-electron chi connectivity index (χ1n) is 5.94. The van der Waals surface area contributed by atoms with E-state index in [1.807, 2.05) is 36.4 Å². The molecule has 0 spiro atoms. The second kappa shape index (κ2) is 4.57. The molecule has 1 aliphatic heterocycles. The smallest absolute Gasteiger partial charge is 0.142 e. The Kier molecular flexibility index (Phi) is 2.77. The van der Waals surface area contributed by atoms with E-state index in [4.69, 9.17) is 9.47 Å². The zero-order valence-corrected chi connectivity index (χ0v) is 10.2. The summed E-state index contributed by atoms with van der Waals surface area (Å²) in [5, 5.41) is 0. The summed E-state index contributed by atoms with van der Waals surface area (Å²) in [6.07, 6.45) is 4.14. The fraction of sp³-hybridized carbons (Fsp3) is 0.125. The van der Waals surface area contributed by atoms with Gasteiger partial charge >= 0.3 is 0 Å². The maximum absolute atomic E-state index is 5.98. The molecule has 0 bridgehead atoms. The van der Waals surface area contributed by atoms with Gasteiger partial charge in [-0.3, -0.25) is 0 Å². The minimum absolute atomic E-state index is 0.00732. The number of hydrogen-bond acceptors (Lipinski definition) is 2. The SMILES string of the molecule is COc1ccc2c(c1)C=C[C@H](c1ccccc1)O2. The molecule has 0 aromatic heterocycles. The number of methoxy groups -OCH3 is 1. The molecule has 2 aromatic rings. The van der Waals surface area contributed by atoms with Gasteiger partial charge in [0.15, 0.2) is 0 Å². The van der Waals surface area contributed by atoms with Gasteiger partial charge in [0.2, 0.25) is 0 Å². The van der Waals surface area contributed by atoms with E-state index in [-0.39, 0.29) is 6.10 Å². The van der Waals surface area contributed by atoms with Crippen LogP contribution in [0.1, 0.15) is 17.2 Å². The maximum atomic E-state index is 5.98. The van der Waals surface area contributed by atoms with E-state index in [1.54, 1.807) is 7.11 Å². The maximum Gasteiger partial charge on any atom is 0.142 e. The molecule has 0 saturated heterocycles. The standard InChI is InChI=1S/C16H14O2/c1-17-14-8-10-16-13(11-14)7-9-15(18-16)12-5-3-2-4-6-12/h2-11,15H,1H3/t15-/m1/s1. The molecule has 0 N–H and O–H groups in total. The van der Waals surface area contributed by atoms with Gasteiger partial charge in [-0.2, -0.15) is 0 Å². The van der Waals surface area contributed by atoms with E-state index in [9.17, 15) is 0 Å². The predicted molar refractivity (Wildman–Crippen MR) is 71.8 cm³/mol. The Morgan fingerprint density at radius 2 is 1.89 bits per heavy atom. The lowest BCUT2D eigenvalue weighted by Gasteiger charge is -2.22. The number of ether oxygens (including phenoxy) is 2. The molecular weight excluding hydrogens is 224 g/mol. The summed E-state index contributed by atoms with van der Waals surface area (Å²) in [4.78, 5) is 0. The fourth-order valence-electron chi connectivity index (χ4n) is 2.08. The first kappa shape index (κ1) is 10.9. The van der Waals surface area contributed by atoms with Gasteiger partial charge in [0.25, 0.3) is 0 Å². The number of rotatable bonds is 2. The van der Waals surface area contributed by atoms with Crippen molar-refractivity contribution < 1.29 is 9.47 Å². The molecular formula is C16H14O2. The summed E-state index contributed by atoms with van der Waals surface area (Å²) in [5.74, 6) is 1.74. The summed E-state index contributed by atoms with van der Waals surface area (Å²) >= 11 is 0. The Morgan fingerprint density at radius 1 is 1.06 bits per heavy atom. The van der Waals surface area contributed by atoms with Gasteiger partial charge in [-0.1, -0.05) is 36.4 Å². The van der Waals surface area contributed by atoms with Crippen LogP contribution in [0.5, 0.6) is 11.5 Å². The van der Waals surface area contributed by atoms with Crippen molar-refractivity contribution >= 4 is 6.08 Å². The van der Waals surface area contributed by atoms with Crippen LogP contribution in [0.15, 0.2) is 54.6 Å². The summed E-state index contributed by atoms with van der Waals surface area (Å²) in [6.45, 7) is 0. The van der Waals surface area contributed by atoms with Gasteiger partial charge in [-0.15, -0.1) is 0 Å². The van der Waals surface area contributed by atoms with Crippen LogP contribution < -0.4 is 9.47 Å². The van der Waals surface area contributed by atoms with Crippen molar-refractivity contribution in [2.45, 2.75) is 6.10 Å². The molecule has 0 unspecified atom stereocenters. The topological polar surface area (TPSA) is 18.5 Å². The Balaban J connectivity index is 1.91. The van der Waals surface area contributed by atoms with E-state index >= 15 is 0 Å². The molecule has 2 aromatic carbocycles. The Hall–Kier alpha value is -2.22. The second-order valence-corrected chi connectivity index (χ2v) is 4.21. The summed E-state index contributed by atoms with van der Waals surface area (Å²) < 4.78 is 11.2. The van der Waals surface area contributed by atoms with Gasteiger partial charge in [-0.25, -0.2) is 0 Å². The highest BCUT2D eigenvalue weighted by molar-refractivity contribution is 5.62. The molecule has 1 atom stereocenters. The highest BCUT2D eigenvalue weighted by atomic mass is 16.5. The van der Waals surface area contributed by atoms with Crippen LogP contribution in [-0.4, -0.2) is 7.11 Å². The van der Waals surface area contributed by atoms with E-state index in [0.29, 0.717) is 0 Å². The van der Waals surface area contributed by atoms with Crippen LogP contribution in [0.2, 0.25) is 0 Å². The second-order valence-electron chi connectivity index (χ2n) is 4.21. The van der Waals surface area contributed by atoms with Gasteiger partial charge in [-0.05, 0) is 29.8 Å². The number of fused-ring (bicyclic) bond motifs is 1. The minimum atomic E-state index is -0.00732. The average molecular weight is 238 g/mol. The Bertz CT molecular complexity index is 573. The van der Waals surface area contributed by atoms with E-state index in [1.165, 1.54) is 0 Å². The highest BCUT2D eigenvalue weighted by Gasteiger charge is 2.16. The van der Waals surface area contributed by atoms with Crippen molar-refractivity contribution in [2.75, 3.05) is 7.11 Å². The molecule has 0 aliphatic carbocycles. The van der Waals surface area contributed by atoms with Crippen molar-refractivity contribution in [1.29, 1.82) is 0 Å². The van der Waals surface area contributed by atoms with Gasteiger partial charge in [0.05, 0.1) is 7.11 Å². The summed E-state index contributed by atoms with van der Waals surface area (Å²) in [6, 6.07) is 16.1. The summed E-state index contributed by atoms with van der Waals surface area (Å²) in [7, 11) is 1.67. The highest BCUT2D eigenvalue weighted by Crippen LogP contribution is 2.34. The zero-order chi connectivity index (χ0) is 12.4. The molecule has 1 aliphatic rings. The Morgan fingerprint density at radius 3 is 2.67 bits per heavy atom. The van der Waals surface area contributed by atoms with Crippen LogP contribution in [0, 0.1) is 0 Å². The predicted octanol–water partition coefficient (Wildman–Crippen LogP) is 3.84. The summed E-state index contributed by atoms with van der Waals surface area (Å²) in [5.41, 5.74) is 2.22. The molecule has 0 fully saturated rings. The van der Waals surface area contributed by atoms with E-state index in [0.717, 1.165) is 22.6 Å². The van der Waals surface area contributed by atoms with Gasteiger partial charge in [0, 0.05) is 5.56 Å². The molecule has 2 heteroatoms. The van der Waals surface area contributed by atoms with Gasteiger partial charge < -0.3 is 9.47 Å². The third kappa shape index (κ3) is 1.97. The van der Waals surface area contributed by atoms with Crippen LogP contribution >= 0.6 is 0 Å². The van der Waals surface area contributed by atoms with E-state index in [2.05, 4.69) is 24.3 Å². The first-order chi connectivity index (χ1) is 8.86. The first-order valence-corrected chi connectivity index (χ1v) is 5.94. The molecule has 0 amide bonds. The zero-order valence-electron chi connectivity index (χ0n) is 10.2. The molecule has 3 rings (SSSR count). The number of benzene rings is 2. The van der Waals surface area contributed by atoms with Crippen molar-refractivity contribution in [1.82, 2.24) is 0 Å². The van der Waals surface area contributed by atoms with Gasteiger partial charge in [0.1, 0.15) is 17.6 Å². The molecule has 18 heavy (non-hydrogen) atoms. The van der Waals surface area contributed by atoms with Crippen LogP contribution in [0.4, 0.5) is 0 Å². The minimum Gasteiger partial charge on any atom is -0.497 e. The molecule has 0 saturated carbocycles. The number of hydrogen-bond donors (Lipinski definition) is 0. The molecule has 0 radical (unpaired) electrons. The Labute approximate surface area is 106 Å². The van der Waals surface area contributed by atoms with Crippen LogP contribution in [0.3, 0.4) is 0 Å². The lowest BCUT2D eigenvalue weighted by atomic mass is 10.0. The van der Waals surface area contributed by atoms with Crippen molar-refractivity contribution in [3.63, 3.8) is 0 Å². The van der Waals surface area contributed by atoms with E-state index < -0.39 is 0 Å². The largest absolute Gasteiger partial charge is 0.497 e. The molecule has 1 heterocycles. The molecule has 2 nitrogen and oxygen atoms in total. The van der Waals surface area contributed by atoms with Crippen molar-refractivity contribution in [3.05, 3.63) is 65.7 Å². The molecule has 90 valence electrons. The van der Waals surface area contributed by atoms with Crippen LogP contribution in [-0.2, 0) is 0 Å². The van der Waals surface area contributed by atoms with Crippen molar-refractivity contribution in [3.8, 4) is 11.5 Å².